The Hall–Kier alpha value is -3.35. The van der Waals surface area contributed by atoms with Crippen molar-refractivity contribution in [3.8, 4) is 11.3 Å². The molecule has 0 aliphatic carbocycles. The minimum absolute atomic E-state index is 0.0832. The molecule has 0 N–H and O–H groups in total. The van der Waals surface area contributed by atoms with E-state index in [0.29, 0.717) is 22.4 Å². The van der Waals surface area contributed by atoms with Crippen LogP contribution in [0.15, 0.2) is 116 Å². The summed E-state index contributed by atoms with van der Waals surface area (Å²) in [6.07, 6.45) is 1.79. The molecule has 4 aromatic rings. The number of benzene rings is 3. The Bertz CT molecular complexity index is 1330. The molecule has 2 heterocycles. The summed E-state index contributed by atoms with van der Waals surface area (Å²) < 4.78 is 7.02. The van der Waals surface area contributed by atoms with Crippen molar-refractivity contribution in [2.45, 2.75) is 6.54 Å². The zero-order chi connectivity index (χ0) is 22.6. The molecule has 33 heavy (non-hydrogen) atoms. The van der Waals surface area contributed by atoms with Crippen molar-refractivity contribution in [2.24, 2.45) is 4.99 Å². The normalized spacial score (nSPS) is 16.2. The number of amides is 1. The Morgan fingerprint density at radius 3 is 2.30 bits per heavy atom. The summed E-state index contributed by atoms with van der Waals surface area (Å²) in [5, 5.41) is 0.654. The first-order chi connectivity index (χ1) is 16.2. The second-order valence-electron chi connectivity index (χ2n) is 7.43. The van der Waals surface area contributed by atoms with E-state index in [1.54, 1.807) is 11.0 Å². The average Bonchev–Trinajstić information content (AvgIpc) is 3.42. The fourth-order valence-corrected chi connectivity index (χ4v) is 4.68. The number of para-hydroxylation sites is 1. The predicted octanol–water partition coefficient (Wildman–Crippen LogP) is 7.51. The van der Waals surface area contributed by atoms with E-state index in [4.69, 9.17) is 9.41 Å². The second-order valence-corrected chi connectivity index (χ2v) is 9.35. The number of rotatable bonds is 5. The van der Waals surface area contributed by atoms with E-state index in [9.17, 15) is 4.79 Å². The molecule has 162 valence electrons. The number of amidine groups is 1. The molecule has 4 nitrogen and oxygen atoms in total. The van der Waals surface area contributed by atoms with Crippen LogP contribution in [-0.4, -0.2) is 16.0 Å². The maximum absolute atomic E-state index is 13.3. The molecule has 1 aromatic heterocycles. The van der Waals surface area contributed by atoms with Crippen LogP contribution in [0.2, 0.25) is 0 Å². The van der Waals surface area contributed by atoms with Crippen LogP contribution in [-0.2, 0) is 11.3 Å². The highest BCUT2D eigenvalue weighted by molar-refractivity contribution is 9.10. The number of hydrogen-bond donors (Lipinski definition) is 0. The van der Waals surface area contributed by atoms with E-state index >= 15 is 0 Å². The third-order valence-corrected chi connectivity index (χ3v) is 6.62. The van der Waals surface area contributed by atoms with Gasteiger partial charge in [-0.1, -0.05) is 76.6 Å². The minimum Gasteiger partial charge on any atom is -0.457 e. The fourth-order valence-electron chi connectivity index (χ4n) is 3.44. The SMILES string of the molecule is O=C1/C(=C\c2ccc(-c3ccc(Br)cc3)o2)SC(=Nc2ccccc2)N1Cc1ccccc1. The molecule has 1 amide bonds. The lowest BCUT2D eigenvalue weighted by Crippen LogP contribution is -2.28. The van der Waals surface area contributed by atoms with Crippen LogP contribution in [0.4, 0.5) is 5.69 Å². The molecule has 5 rings (SSSR count). The van der Waals surface area contributed by atoms with E-state index in [-0.39, 0.29) is 5.91 Å². The monoisotopic (exact) mass is 514 g/mol. The van der Waals surface area contributed by atoms with Gasteiger partial charge >= 0.3 is 0 Å². The molecule has 0 unspecified atom stereocenters. The van der Waals surface area contributed by atoms with Gasteiger partial charge in [0.05, 0.1) is 17.1 Å². The molecule has 0 saturated carbocycles. The molecular formula is C27H19BrN2O2S. The lowest BCUT2D eigenvalue weighted by molar-refractivity contribution is -0.122. The number of furan rings is 1. The summed E-state index contributed by atoms with van der Waals surface area (Å²) in [6, 6.07) is 31.3. The lowest BCUT2D eigenvalue weighted by Gasteiger charge is -2.15. The summed E-state index contributed by atoms with van der Waals surface area (Å²) in [6.45, 7) is 0.456. The number of nitrogens with zero attached hydrogens (tertiary/aromatic N) is 2. The predicted molar refractivity (Wildman–Crippen MR) is 138 cm³/mol. The average molecular weight is 515 g/mol. The Morgan fingerprint density at radius 2 is 1.58 bits per heavy atom. The Labute approximate surface area is 204 Å². The van der Waals surface area contributed by atoms with Crippen LogP contribution in [0.5, 0.6) is 0 Å². The van der Waals surface area contributed by atoms with E-state index in [1.165, 1.54) is 11.8 Å². The zero-order valence-electron chi connectivity index (χ0n) is 17.5. The van der Waals surface area contributed by atoms with Gasteiger partial charge in [-0.05, 0) is 53.7 Å². The molecule has 1 fully saturated rings. The summed E-state index contributed by atoms with van der Waals surface area (Å²) >= 11 is 4.81. The molecule has 0 atom stereocenters. The second kappa shape index (κ2) is 9.65. The number of halogens is 1. The van der Waals surface area contributed by atoms with Crippen LogP contribution in [0, 0.1) is 0 Å². The van der Waals surface area contributed by atoms with Gasteiger partial charge in [0.15, 0.2) is 5.17 Å². The lowest BCUT2D eigenvalue weighted by atomic mass is 10.2. The fraction of sp³-hybridized carbons (Fsp3) is 0.0370. The minimum atomic E-state index is -0.0832. The van der Waals surface area contributed by atoms with E-state index in [1.807, 2.05) is 97.1 Å². The Balaban J connectivity index is 1.45. The van der Waals surface area contributed by atoms with Gasteiger partial charge in [0, 0.05) is 16.1 Å². The van der Waals surface area contributed by atoms with Gasteiger partial charge in [-0.2, -0.15) is 0 Å². The van der Waals surface area contributed by atoms with Crippen molar-refractivity contribution in [3.63, 3.8) is 0 Å². The molecule has 1 aliphatic rings. The maximum Gasteiger partial charge on any atom is 0.267 e. The third kappa shape index (κ3) is 5.02. The number of aliphatic imine (C=N–C) groups is 1. The molecule has 1 aliphatic heterocycles. The van der Waals surface area contributed by atoms with Crippen LogP contribution in [0.3, 0.4) is 0 Å². The molecule has 3 aromatic carbocycles. The van der Waals surface area contributed by atoms with Crippen molar-refractivity contribution in [1.82, 2.24) is 4.90 Å². The Morgan fingerprint density at radius 1 is 0.879 bits per heavy atom. The van der Waals surface area contributed by atoms with Crippen molar-refractivity contribution in [1.29, 1.82) is 0 Å². The number of hydrogen-bond acceptors (Lipinski definition) is 4. The first-order valence-corrected chi connectivity index (χ1v) is 12.0. The zero-order valence-corrected chi connectivity index (χ0v) is 19.9. The molecule has 0 spiro atoms. The van der Waals surface area contributed by atoms with E-state index < -0.39 is 0 Å². The van der Waals surface area contributed by atoms with Gasteiger partial charge in [0.2, 0.25) is 0 Å². The third-order valence-electron chi connectivity index (χ3n) is 5.08. The smallest absolute Gasteiger partial charge is 0.267 e. The summed E-state index contributed by atoms with van der Waals surface area (Å²) in [4.78, 5) is 20.4. The number of thioether (sulfide) groups is 1. The Kier molecular flexibility index (Phi) is 6.28. The van der Waals surface area contributed by atoms with Crippen molar-refractivity contribution in [3.05, 3.63) is 118 Å². The largest absolute Gasteiger partial charge is 0.457 e. The van der Waals surface area contributed by atoms with Crippen molar-refractivity contribution >= 4 is 50.5 Å². The quantitative estimate of drug-likeness (QED) is 0.259. The first-order valence-electron chi connectivity index (χ1n) is 10.4. The summed E-state index contributed by atoms with van der Waals surface area (Å²) in [7, 11) is 0. The molecule has 1 saturated heterocycles. The summed E-state index contributed by atoms with van der Waals surface area (Å²) in [5.74, 6) is 1.30. The van der Waals surface area contributed by atoms with E-state index in [2.05, 4.69) is 15.9 Å². The van der Waals surface area contributed by atoms with Gasteiger partial charge in [0.25, 0.3) is 5.91 Å². The van der Waals surface area contributed by atoms with Gasteiger partial charge in [-0.15, -0.1) is 0 Å². The van der Waals surface area contributed by atoms with E-state index in [0.717, 1.165) is 27.0 Å². The summed E-state index contributed by atoms with van der Waals surface area (Å²) in [5.41, 5.74) is 2.83. The van der Waals surface area contributed by atoms with Gasteiger partial charge in [-0.3, -0.25) is 9.69 Å². The van der Waals surface area contributed by atoms with Crippen molar-refractivity contribution in [2.75, 3.05) is 0 Å². The molecule has 6 heteroatoms. The number of carbonyl (C=O) groups excluding carboxylic acids is 1. The number of carbonyl (C=O) groups is 1. The van der Waals surface area contributed by atoms with Gasteiger partial charge in [0.1, 0.15) is 11.5 Å². The first kappa shape index (κ1) is 21.5. The molecular weight excluding hydrogens is 496 g/mol. The topological polar surface area (TPSA) is 45.8 Å². The van der Waals surface area contributed by atoms with Crippen LogP contribution < -0.4 is 0 Å². The van der Waals surface area contributed by atoms with Gasteiger partial charge < -0.3 is 4.42 Å². The highest BCUT2D eigenvalue weighted by atomic mass is 79.9. The van der Waals surface area contributed by atoms with Crippen molar-refractivity contribution < 1.29 is 9.21 Å². The maximum atomic E-state index is 13.3. The molecule has 0 radical (unpaired) electrons. The highest BCUT2D eigenvalue weighted by Crippen LogP contribution is 2.36. The van der Waals surface area contributed by atoms with Crippen LogP contribution in [0.1, 0.15) is 11.3 Å². The van der Waals surface area contributed by atoms with Crippen LogP contribution in [0.25, 0.3) is 17.4 Å². The highest BCUT2D eigenvalue weighted by Gasteiger charge is 2.33. The standard InChI is InChI=1S/C27H19BrN2O2S/c28-21-13-11-20(12-14-21)24-16-15-23(32-24)17-25-26(31)30(18-19-7-3-1-4-8-19)27(33-25)29-22-9-5-2-6-10-22/h1-17H,18H2/b25-17+,29-27?. The molecule has 0 bridgehead atoms. The van der Waals surface area contributed by atoms with Crippen LogP contribution >= 0.6 is 27.7 Å². The van der Waals surface area contributed by atoms with Gasteiger partial charge in [-0.25, -0.2) is 4.99 Å².